The highest BCUT2D eigenvalue weighted by molar-refractivity contribution is 4.95. The Balaban J connectivity index is 2.95. The molecule has 112 valence electrons. The Labute approximate surface area is 121 Å². The smallest absolute Gasteiger partial charge is 0.0116 e. The minimum absolute atomic E-state index is 1.05. The van der Waals surface area contributed by atoms with Crippen molar-refractivity contribution in [1.82, 2.24) is 5.32 Å². The molecule has 0 saturated carbocycles. The van der Waals surface area contributed by atoms with Gasteiger partial charge in [0, 0.05) is 19.5 Å². The molecule has 1 heteroatoms. The van der Waals surface area contributed by atoms with Crippen molar-refractivity contribution in [2.24, 2.45) is 0 Å². The summed E-state index contributed by atoms with van der Waals surface area (Å²) in [4.78, 5) is 0. The van der Waals surface area contributed by atoms with Gasteiger partial charge in [-0.3, -0.25) is 0 Å². The SMILES string of the molecule is CCCCCCCCCCCCCCCC#CNC. The van der Waals surface area contributed by atoms with Crippen LogP contribution >= 0.6 is 0 Å². The first-order chi connectivity index (χ1) is 9.41. The van der Waals surface area contributed by atoms with Crippen LogP contribution < -0.4 is 5.32 Å². The predicted molar refractivity (Wildman–Crippen MR) is 87.1 cm³/mol. The summed E-state index contributed by atoms with van der Waals surface area (Å²) in [5, 5.41) is 2.85. The number of rotatable bonds is 13. The zero-order valence-electron chi connectivity index (χ0n) is 13.4. The summed E-state index contributed by atoms with van der Waals surface area (Å²) in [7, 11) is 1.87. The van der Waals surface area contributed by atoms with Crippen molar-refractivity contribution in [2.45, 2.75) is 96.8 Å². The van der Waals surface area contributed by atoms with Crippen LogP contribution in [0.3, 0.4) is 0 Å². The molecule has 0 heterocycles. The lowest BCUT2D eigenvalue weighted by molar-refractivity contribution is 0.540. The average Bonchev–Trinajstić information content (AvgIpc) is 2.43. The normalized spacial score (nSPS) is 10.0. The zero-order valence-corrected chi connectivity index (χ0v) is 13.4. The molecule has 0 aliphatic rings. The zero-order chi connectivity index (χ0) is 14.0. The number of hydrogen-bond donors (Lipinski definition) is 1. The van der Waals surface area contributed by atoms with Crippen LogP contribution in [-0.4, -0.2) is 7.05 Å². The molecule has 0 aliphatic heterocycles. The van der Waals surface area contributed by atoms with E-state index in [0.29, 0.717) is 0 Å². The van der Waals surface area contributed by atoms with Gasteiger partial charge in [0.05, 0.1) is 0 Å². The van der Waals surface area contributed by atoms with Gasteiger partial charge in [-0.25, -0.2) is 0 Å². The highest BCUT2D eigenvalue weighted by atomic mass is 14.8. The lowest BCUT2D eigenvalue weighted by atomic mass is 10.0. The van der Waals surface area contributed by atoms with Gasteiger partial charge in [-0.15, -0.1) is 0 Å². The van der Waals surface area contributed by atoms with Crippen LogP contribution in [0.2, 0.25) is 0 Å². The minimum Gasteiger partial charge on any atom is -0.349 e. The fourth-order valence-corrected chi connectivity index (χ4v) is 2.38. The summed E-state index contributed by atoms with van der Waals surface area (Å²) >= 11 is 0. The summed E-state index contributed by atoms with van der Waals surface area (Å²) in [6, 6.07) is 2.89. The molecule has 0 aromatic heterocycles. The van der Waals surface area contributed by atoms with E-state index in [4.69, 9.17) is 0 Å². The van der Waals surface area contributed by atoms with Crippen molar-refractivity contribution in [3.63, 3.8) is 0 Å². The second-order valence-corrected chi connectivity index (χ2v) is 5.54. The number of hydrogen-bond acceptors (Lipinski definition) is 1. The summed E-state index contributed by atoms with van der Waals surface area (Å²) in [5.74, 6) is 3.11. The molecule has 0 amide bonds. The second-order valence-electron chi connectivity index (χ2n) is 5.54. The Morgan fingerprint density at radius 1 is 0.632 bits per heavy atom. The molecule has 0 atom stereocenters. The molecular formula is C18H35N. The van der Waals surface area contributed by atoms with Crippen molar-refractivity contribution >= 4 is 0 Å². The van der Waals surface area contributed by atoms with Gasteiger partial charge in [0.15, 0.2) is 0 Å². The molecule has 0 rings (SSSR count). The van der Waals surface area contributed by atoms with E-state index in [-0.39, 0.29) is 0 Å². The highest BCUT2D eigenvalue weighted by Crippen LogP contribution is 2.12. The maximum absolute atomic E-state index is 3.11. The van der Waals surface area contributed by atoms with Crippen LogP contribution in [0.25, 0.3) is 0 Å². The Hall–Kier alpha value is -0.640. The summed E-state index contributed by atoms with van der Waals surface area (Å²) in [6.45, 7) is 2.28. The Bertz CT molecular complexity index is 211. The molecule has 0 saturated heterocycles. The Morgan fingerprint density at radius 3 is 1.47 bits per heavy atom. The van der Waals surface area contributed by atoms with E-state index in [1.165, 1.54) is 83.5 Å². The van der Waals surface area contributed by atoms with E-state index < -0.39 is 0 Å². The van der Waals surface area contributed by atoms with E-state index in [1.807, 2.05) is 7.05 Å². The van der Waals surface area contributed by atoms with Gasteiger partial charge >= 0.3 is 0 Å². The first-order valence-electron chi connectivity index (χ1n) is 8.56. The lowest BCUT2D eigenvalue weighted by Gasteiger charge is -2.02. The molecule has 0 radical (unpaired) electrons. The first-order valence-corrected chi connectivity index (χ1v) is 8.56. The third-order valence-electron chi connectivity index (χ3n) is 3.62. The largest absolute Gasteiger partial charge is 0.349 e. The molecule has 0 spiro atoms. The van der Waals surface area contributed by atoms with E-state index in [2.05, 4.69) is 24.2 Å². The third kappa shape index (κ3) is 17.4. The van der Waals surface area contributed by atoms with Crippen LogP contribution in [-0.2, 0) is 0 Å². The van der Waals surface area contributed by atoms with Crippen molar-refractivity contribution < 1.29 is 0 Å². The van der Waals surface area contributed by atoms with Gasteiger partial charge in [0.1, 0.15) is 0 Å². The molecule has 0 aliphatic carbocycles. The molecule has 0 fully saturated rings. The molecule has 0 bridgehead atoms. The molecule has 0 aromatic rings. The van der Waals surface area contributed by atoms with Crippen LogP contribution in [0.1, 0.15) is 96.8 Å². The van der Waals surface area contributed by atoms with E-state index in [9.17, 15) is 0 Å². The minimum atomic E-state index is 1.05. The van der Waals surface area contributed by atoms with E-state index in [1.54, 1.807) is 0 Å². The molecular weight excluding hydrogens is 230 g/mol. The van der Waals surface area contributed by atoms with Crippen LogP contribution in [0, 0.1) is 12.0 Å². The van der Waals surface area contributed by atoms with Gasteiger partial charge in [0.2, 0.25) is 0 Å². The monoisotopic (exact) mass is 265 g/mol. The average molecular weight is 265 g/mol. The molecule has 1 nitrogen and oxygen atoms in total. The summed E-state index contributed by atoms with van der Waals surface area (Å²) in [5.41, 5.74) is 0. The van der Waals surface area contributed by atoms with Gasteiger partial charge < -0.3 is 5.32 Å². The Morgan fingerprint density at radius 2 is 1.05 bits per heavy atom. The Kier molecular flexibility index (Phi) is 16.8. The number of nitrogens with one attached hydrogen (secondary N) is 1. The quantitative estimate of drug-likeness (QED) is 0.258. The maximum Gasteiger partial charge on any atom is 0.0116 e. The van der Waals surface area contributed by atoms with Gasteiger partial charge in [-0.2, -0.15) is 0 Å². The third-order valence-corrected chi connectivity index (χ3v) is 3.62. The summed E-state index contributed by atoms with van der Waals surface area (Å²) in [6.07, 6.45) is 19.5. The topological polar surface area (TPSA) is 12.0 Å². The predicted octanol–water partition coefficient (Wildman–Crippen LogP) is 5.65. The summed E-state index contributed by atoms with van der Waals surface area (Å²) < 4.78 is 0. The molecule has 1 N–H and O–H groups in total. The van der Waals surface area contributed by atoms with Crippen molar-refractivity contribution in [2.75, 3.05) is 7.05 Å². The second kappa shape index (κ2) is 17.4. The highest BCUT2D eigenvalue weighted by Gasteiger charge is 1.93. The van der Waals surface area contributed by atoms with Crippen LogP contribution in [0.15, 0.2) is 0 Å². The van der Waals surface area contributed by atoms with Crippen LogP contribution in [0.5, 0.6) is 0 Å². The van der Waals surface area contributed by atoms with Gasteiger partial charge in [0.25, 0.3) is 0 Å². The number of unbranched alkanes of at least 4 members (excludes halogenated alkanes) is 13. The van der Waals surface area contributed by atoms with Gasteiger partial charge in [-0.05, 0) is 6.42 Å². The molecule has 19 heavy (non-hydrogen) atoms. The van der Waals surface area contributed by atoms with E-state index in [0.717, 1.165) is 6.42 Å². The van der Waals surface area contributed by atoms with Crippen molar-refractivity contribution in [3.8, 4) is 12.0 Å². The standard InChI is InChI=1S/C18H35N/c1-3-4-5-6-7-8-9-10-11-12-13-14-15-16-17-18-19-2/h19H,3-16H2,1-2H3. The van der Waals surface area contributed by atoms with Crippen molar-refractivity contribution in [1.29, 1.82) is 0 Å². The first kappa shape index (κ1) is 18.4. The molecule has 0 unspecified atom stereocenters. The van der Waals surface area contributed by atoms with Gasteiger partial charge in [-0.1, -0.05) is 89.9 Å². The maximum atomic E-state index is 3.11. The molecule has 0 aromatic carbocycles. The lowest BCUT2D eigenvalue weighted by Crippen LogP contribution is -1.91. The van der Waals surface area contributed by atoms with E-state index >= 15 is 0 Å². The van der Waals surface area contributed by atoms with Crippen molar-refractivity contribution in [3.05, 3.63) is 0 Å². The fourth-order valence-electron chi connectivity index (χ4n) is 2.38. The van der Waals surface area contributed by atoms with Crippen LogP contribution in [0.4, 0.5) is 0 Å². The fraction of sp³-hybridized carbons (Fsp3) is 0.889.